The van der Waals surface area contributed by atoms with E-state index in [1.165, 1.54) is 17.8 Å². The summed E-state index contributed by atoms with van der Waals surface area (Å²) in [6.07, 6.45) is -4.64. The van der Waals surface area contributed by atoms with Crippen LogP contribution in [0.15, 0.2) is 23.2 Å². The molecule has 0 amide bonds. The summed E-state index contributed by atoms with van der Waals surface area (Å²) in [5, 5.41) is 16.9. The number of fused-ring (bicyclic) bond motifs is 3. The molecule has 0 aliphatic rings. The van der Waals surface area contributed by atoms with Crippen LogP contribution in [0, 0.1) is 0 Å². The van der Waals surface area contributed by atoms with Crippen LogP contribution in [0.3, 0.4) is 0 Å². The molecule has 2 heterocycles. The zero-order valence-corrected chi connectivity index (χ0v) is 13.1. The van der Waals surface area contributed by atoms with Crippen LogP contribution in [0.1, 0.15) is 25.2 Å². The van der Waals surface area contributed by atoms with Crippen molar-refractivity contribution >= 4 is 28.4 Å². The smallest absolute Gasteiger partial charge is 0.392 e. The third-order valence-electron chi connectivity index (χ3n) is 3.18. The standard InChI is InChI=1S/C14H13F3N4OS/c1-7(2)23-12-11-19-20-13(14(15,16)17)21(11)9-5-3-4-8(6-22)10(9)18-12/h3-5,7,22H,6H2,1-2H3. The number of hydrogen-bond acceptors (Lipinski definition) is 5. The SMILES string of the molecule is CC(C)Sc1nc2c(CO)cccc2n2c(C(F)(F)F)nnc12. The van der Waals surface area contributed by atoms with Gasteiger partial charge in [-0.15, -0.1) is 10.2 Å². The molecule has 0 aliphatic carbocycles. The summed E-state index contributed by atoms with van der Waals surface area (Å²) in [7, 11) is 0. The van der Waals surface area contributed by atoms with Crippen molar-refractivity contribution in [3.63, 3.8) is 0 Å². The van der Waals surface area contributed by atoms with Gasteiger partial charge < -0.3 is 5.11 Å². The van der Waals surface area contributed by atoms with E-state index in [2.05, 4.69) is 15.2 Å². The van der Waals surface area contributed by atoms with Gasteiger partial charge in [0.15, 0.2) is 5.65 Å². The third-order valence-corrected chi connectivity index (χ3v) is 4.15. The Balaban J connectivity index is 2.46. The maximum absolute atomic E-state index is 13.3. The van der Waals surface area contributed by atoms with Crippen molar-refractivity contribution in [2.45, 2.75) is 36.9 Å². The lowest BCUT2D eigenvalue weighted by Gasteiger charge is -2.12. The second-order valence-corrected chi connectivity index (χ2v) is 6.77. The summed E-state index contributed by atoms with van der Waals surface area (Å²) >= 11 is 1.30. The summed E-state index contributed by atoms with van der Waals surface area (Å²) in [6.45, 7) is 3.50. The predicted molar refractivity (Wildman–Crippen MR) is 80.2 cm³/mol. The Morgan fingerprint density at radius 3 is 2.61 bits per heavy atom. The van der Waals surface area contributed by atoms with E-state index >= 15 is 0 Å². The van der Waals surface area contributed by atoms with Crippen molar-refractivity contribution in [1.29, 1.82) is 0 Å². The molecule has 1 aromatic carbocycles. The van der Waals surface area contributed by atoms with Gasteiger partial charge in [0.1, 0.15) is 5.03 Å². The number of aliphatic hydroxyl groups is 1. The minimum Gasteiger partial charge on any atom is -0.392 e. The van der Waals surface area contributed by atoms with E-state index in [0.29, 0.717) is 16.1 Å². The van der Waals surface area contributed by atoms with Gasteiger partial charge in [-0.25, -0.2) is 4.98 Å². The highest BCUT2D eigenvalue weighted by atomic mass is 32.2. The highest BCUT2D eigenvalue weighted by molar-refractivity contribution is 8.00. The largest absolute Gasteiger partial charge is 0.452 e. The Morgan fingerprint density at radius 2 is 2.00 bits per heavy atom. The predicted octanol–water partition coefficient (Wildman–Crippen LogP) is 3.29. The van der Waals surface area contributed by atoms with E-state index in [4.69, 9.17) is 0 Å². The Bertz CT molecular complexity index is 876. The van der Waals surface area contributed by atoms with Crippen molar-refractivity contribution in [3.05, 3.63) is 29.6 Å². The van der Waals surface area contributed by atoms with Crippen molar-refractivity contribution in [1.82, 2.24) is 19.6 Å². The lowest BCUT2D eigenvalue weighted by molar-refractivity contribution is -0.145. The monoisotopic (exact) mass is 342 g/mol. The molecular formula is C14H13F3N4OS. The van der Waals surface area contributed by atoms with Crippen LogP contribution < -0.4 is 0 Å². The minimum atomic E-state index is -4.64. The molecule has 0 spiro atoms. The number of aliphatic hydroxyl groups excluding tert-OH is 1. The number of alkyl halides is 3. The molecule has 0 aliphatic heterocycles. The number of rotatable bonds is 3. The second kappa shape index (κ2) is 5.64. The molecule has 0 radical (unpaired) electrons. The topological polar surface area (TPSA) is 63.3 Å². The highest BCUT2D eigenvalue weighted by Crippen LogP contribution is 2.34. The molecular weight excluding hydrogens is 329 g/mol. The van der Waals surface area contributed by atoms with E-state index in [9.17, 15) is 18.3 Å². The van der Waals surface area contributed by atoms with Crippen LogP contribution in [0.25, 0.3) is 16.7 Å². The maximum Gasteiger partial charge on any atom is 0.452 e. The van der Waals surface area contributed by atoms with Gasteiger partial charge in [0.25, 0.3) is 0 Å². The number of benzene rings is 1. The van der Waals surface area contributed by atoms with Crippen LogP contribution in [0.4, 0.5) is 13.2 Å². The van der Waals surface area contributed by atoms with E-state index < -0.39 is 12.0 Å². The molecule has 0 unspecified atom stereocenters. The summed E-state index contributed by atoms with van der Waals surface area (Å²) in [6, 6.07) is 4.71. The summed E-state index contributed by atoms with van der Waals surface area (Å²) in [5.74, 6) is -1.10. The Labute approximate surface area is 133 Å². The molecule has 3 aromatic rings. The number of nitrogens with zero attached hydrogens (tertiary/aromatic N) is 4. The molecule has 0 saturated carbocycles. The Morgan fingerprint density at radius 1 is 1.26 bits per heavy atom. The molecule has 122 valence electrons. The molecule has 9 heteroatoms. The fraction of sp³-hybridized carbons (Fsp3) is 0.357. The molecule has 5 nitrogen and oxygen atoms in total. The zero-order valence-electron chi connectivity index (χ0n) is 12.3. The van der Waals surface area contributed by atoms with Gasteiger partial charge in [-0.05, 0) is 6.07 Å². The molecule has 0 bridgehead atoms. The number of para-hydroxylation sites is 1. The van der Waals surface area contributed by atoms with E-state index in [1.54, 1.807) is 12.1 Å². The summed E-state index contributed by atoms with van der Waals surface area (Å²) in [4.78, 5) is 4.42. The van der Waals surface area contributed by atoms with Crippen molar-refractivity contribution in [3.8, 4) is 0 Å². The molecule has 2 aromatic heterocycles. The molecule has 0 atom stereocenters. The van der Waals surface area contributed by atoms with E-state index in [1.807, 2.05) is 13.8 Å². The van der Waals surface area contributed by atoms with Crippen LogP contribution in [0.2, 0.25) is 0 Å². The van der Waals surface area contributed by atoms with Crippen LogP contribution >= 0.6 is 11.8 Å². The lowest BCUT2D eigenvalue weighted by Crippen LogP contribution is -2.12. The maximum atomic E-state index is 13.3. The molecule has 1 N–H and O–H groups in total. The van der Waals surface area contributed by atoms with Gasteiger partial charge in [-0.2, -0.15) is 13.2 Å². The molecule has 3 rings (SSSR count). The average Bonchev–Trinajstić information content (AvgIpc) is 2.91. The first-order valence-corrected chi connectivity index (χ1v) is 7.72. The van der Waals surface area contributed by atoms with Gasteiger partial charge >= 0.3 is 6.18 Å². The third kappa shape index (κ3) is 2.74. The Kier molecular flexibility index (Phi) is 3.93. The van der Waals surface area contributed by atoms with E-state index in [0.717, 1.165) is 4.40 Å². The minimum absolute atomic E-state index is 0.0682. The number of thioether (sulfide) groups is 1. The van der Waals surface area contributed by atoms with Crippen LogP contribution in [-0.4, -0.2) is 29.9 Å². The normalized spacial score (nSPS) is 12.7. The summed E-state index contributed by atoms with van der Waals surface area (Å²) in [5.41, 5.74) is 1.06. The van der Waals surface area contributed by atoms with Crippen molar-refractivity contribution in [2.24, 2.45) is 0 Å². The highest BCUT2D eigenvalue weighted by Gasteiger charge is 2.38. The first-order valence-electron chi connectivity index (χ1n) is 6.84. The first-order chi connectivity index (χ1) is 10.8. The molecule has 23 heavy (non-hydrogen) atoms. The van der Waals surface area contributed by atoms with Crippen molar-refractivity contribution in [2.75, 3.05) is 0 Å². The van der Waals surface area contributed by atoms with Gasteiger partial charge in [0, 0.05) is 10.8 Å². The Hall–Kier alpha value is -1.87. The average molecular weight is 342 g/mol. The van der Waals surface area contributed by atoms with Crippen molar-refractivity contribution < 1.29 is 18.3 Å². The molecule has 0 fully saturated rings. The second-order valence-electron chi connectivity index (χ2n) is 5.21. The van der Waals surface area contributed by atoms with Crippen LogP contribution in [0.5, 0.6) is 0 Å². The van der Waals surface area contributed by atoms with Gasteiger partial charge in [0.2, 0.25) is 5.82 Å². The van der Waals surface area contributed by atoms with Gasteiger partial charge in [-0.3, -0.25) is 4.40 Å². The number of aromatic nitrogens is 4. The lowest BCUT2D eigenvalue weighted by atomic mass is 10.2. The fourth-order valence-corrected chi connectivity index (χ4v) is 3.13. The fourth-order valence-electron chi connectivity index (χ4n) is 2.30. The number of hydrogen-bond donors (Lipinski definition) is 1. The summed E-state index contributed by atoms with van der Waals surface area (Å²) < 4.78 is 40.7. The quantitative estimate of drug-likeness (QED) is 0.740. The molecule has 0 saturated heterocycles. The van der Waals surface area contributed by atoms with E-state index in [-0.39, 0.29) is 23.0 Å². The van der Waals surface area contributed by atoms with Gasteiger partial charge in [0.05, 0.1) is 17.6 Å². The number of halogens is 3. The first kappa shape index (κ1) is 16.0. The van der Waals surface area contributed by atoms with Crippen LogP contribution in [-0.2, 0) is 12.8 Å². The van der Waals surface area contributed by atoms with Gasteiger partial charge in [-0.1, -0.05) is 37.7 Å². The zero-order chi connectivity index (χ0) is 16.8.